The van der Waals surface area contributed by atoms with Gasteiger partial charge < -0.3 is 19.8 Å². The fourth-order valence-electron chi connectivity index (χ4n) is 2.68. The molecule has 0 spiro atoms. The van der Waals surface area contributed by atoms with Crippen LogP contribution in [0.1, 0.15) is 17.7 Å². The van der Waals surface area contributed by atoms with E-state index >= 15 is 0 Å². The Bertz CT molecular complexity index is 650. The molecule has 1 fully saturated rings. The predicted octanol–water partition coefficient (Wildman–Crippen LogP) is 3.25. The van der Waals surface area contributed by atoms with Crippen LogP contribution >= 0.6 is 11.6 Å². The van der Waals surface area contributed by atoms with E-state index in [2.05, 4.69) is 15.6 Å². The molecule has 6 heteroatoms. The average Bonchev–Trinajstić information content (AvgIpc) is 3.32. The summed E-state index contributed by atoms with van der Waals surface area (Å²) in [6, 6.07) is 11.7. The van der Waals surface area contributed by atoms with E-state index in [4.69, 9.17) is 20.8 Å². The van der Waals surface area contributed by atoms with Gasteiger partial charge in [-0.05, 0) is 36.2 Å². The van der Waals surface area contributed by atoms with Crippen LogP contribution in [0.3, 0.4) is 0 Å². The van der Waals surface area contributed by atoms with Crippen molar-refractivity contribution in [1.82, 2.24) is 10.6 Å². The second kappa shape index (κ2) is 9.49. The lowest BCUT2D eigenvalue weighted by Gasteiger charge is -2.15. The first kappa shape index (κ1) is 17.8. The number of hydrogen-bond donors (Lipinski definition) is 2. The Hall–Kier alpha value is -1.98. The molecule has 1 aliphatic rings. The Kier molecular flexibility index (Phi) is 6.77. The number of aliphatic imine (C=N–C) groups is 1. The molecular formula is C19H24ClN3O2. The molecule has 0 bridgehead atoms. The quantitative estimate of drug-likeness (QED) is 0.587. The minimum atomic E-state index is 0.549. The second-order valence-electron chi connectivity index (χ2n) is 6.16. The van der Waals surface area contributed by atoms with Crippen LogP contribution < -0.4 is 10.6 Å². The highest BCUT2D eigenvalue weighted by molar-refractivity contribution is 6.30. The van der Waals surface area contributed by atoms with Crippen molar-refractivity contribution in [2.24, 2.45) is 10.9 Å². The molecule has 1 aromatic heterocycles. The Morgan fingerprint density at radius 3 is 2.80 bits per heavy atom. The van der Waals surface area contributed by atoms with Crippen molar-refractivity contribution in [2.75, 3.05) is 26.3 Å². The Labute approximate surface area is 153 Å². The van der Waals surface area contributed by atoms with Crippen molar-refractivity contribution < 1.29 is 9.15 Å². The normalized spacial score (nSPS) is 17.6. The zero-order valence-corrected chi connectivity index (χ0v) is 15.0. The van der Waals surface area contributed by atoms with Crippen molar-refractivity contribution in [1.29, 1.82) is 0 Å². The number of guanidine groups is 1. The van der Waals surface area contributed by atoms with Gasteiger partial charge in [0, 0.05) is 37.1 Å². The molecule has 2 aromatic rings. The third-order valence-electron chi connectivity index (χ3n) is 4.16. The third kappa shape index (κ3) is 6.11. The van der Waals surface area contributed by atoms with Gasteiger partial charge in [-0.3, -0.25) is 0 Å². The van der Waals surface area contributed by atoms with E-state index in [1.54, 1.807) is 6.26 Å². The van der Waals surface area contributed by atoms with Gasteiger partial charge in [0.15, 0.2) is 5.96 Å². The summed E-state index contributed by atoms with van der Waals surface area (Å²) in [5.74, 6) is 2.33. The Morgan fingerprint density at radius 2 is 2.08 bits per heavy atom. The average molecular weight is 362 g/mol. The SMILES string of the molecule is Clc1ccc(CN=C(NCCc2ccco2)NCC2CCOC2)cc1. The number of rotatable bonds is 7. The summed E-state index contributed by atoms with van der Waals surface area (Å²) in [5.41, 5.74) is 1.13. The van der Waals surface area contributed by atoms with E-state index in [1.165, 1.54) is 0 Å². The maximum atomic E-state index is 5.93. The molecule has 2 heterocycles. The lowest BCUT2D eigenvalue weighted by molar-refractivity contribution is 0.186. The first-order chi connectivity index (χ1) is 12.3. The Balaban J connectivity index is 1.53. The summed E-state index contributed by atoms with van der Waals surface area (Å²) < 4.78 is 10.8. The van der Waals surface area contributed by atoms with Gasteiger partial charge in [0.05, 0.1) is 19.4 Å². The molecule has 25 heavy (non-hydrogen) atoms. The molecule has 0 amide bonds. The summed E-state index contributed by atoms with van der Waals surface area (Å²) in [7, 11) is 0. The minimum absolute atomic E-state index is 0.549. The molecule has 1 atom stereocenters. The van der Waals surface area contributed by atoms with Crippen LogP contribution in [-0.2, 0) is 17.7 Å². The fourth-order valence-corrected chi connectivity index (χ4v) is 2.80. The van der Waals surface area contributed by atoms with Crippen molar-refractivity contribution in [3.05, 3.63) is 59.0 Å². The molecule has 1 saturated heterocycles. The molecule has 1 aromatic carbocycles. The van der Waals surface area contributed by atoms with Crippen LogP contribution in [-0.4, -0.2) is 32.3 Å². The maximum absolute atomic E-state index is 5.93. The van der Waals surface area contributed by atoms with Gasteiger partial charge in [-0.1, -0.05) is 23.7 Å². The van der Waals surface area contributed by atoms with Crippen molar-refractivity contribution in [2.45, 2.75) is 19.4 Å². The zero-order chi connectivity index (χ0) is 17.3. The van der Waals surface area contributed by atoms with E-state index in [9.17, 15) is 0 Å². The number of nitrogens with one attached hydrogen (secondary N) is 2. The Morgan fingerprint density at radius 1 is 1.20 bits per heavy atom. The standard InChI is InChI=1S/C19H24ClN3O2/c20-17-5-3-15(4-6-17)12-22-19(23-13-16-8-11-24-14-16)21-9-7-18-2-1-10-25-18/h1-6,10,16H,7-9,11-14H2,(H2,21,22,23). The smallest absolute Gasteiger partial charge is 0.191 e. The number of benzene rings is 1. The molecule has 2 N–H and O–H groups in total. The number of furan rings is 1. The van der Waals surface area contributed by atoms with Crippen molar-refractivity contribution >= 4 is 17.6 Å². The summed E-state index contributed by atoms with van der Waals surface area (Å²) in [4.78, 5) is 4.68. The molecule has 3 rings (SSSR count). The predicted molar refractivity (Wildman–Crippen MR) is 99.9 cm³/mol. The lowest BCUT2D eigenvalue weighted by atomic mass is 10.1. The van der Waals surface area contributed by atoms with Crippen LogP contribution in [0.15, 0.2) is 52.1 Å². The molecule has 0 aliphatic carbocycles. The second-order valence-corrected chi connectivity index (χ2v) is 6.59. The van der Waals surface area contributed by atoms with Gasteiger partial charge in [-0.15, -0.1) is 0 Å². The number of ether oxygens (including phenoxy) is 1. The van der Waals surface area contributed by atoms with E-state index in [-0.39, 0.29) is 0 Å². The van der Waals surface area contributed by atoms with E-state index < -0.39 is 0 Å². The molecule has 0 saturated carbocycles. The van der Waals surface area contributed by atoms with Crippen LogP contribution in [0.25, 0.3) is 0 Å². The first-order valence-corrected chi connectivity index (χ1v) is 9.04. The van der Waals surface area contributed by atoms with Gasteiger partial charge in [-0.2, -0.15) is 0 Å². The molecule has 0 radical (unpaired) electrons. The molecular weight excluding hydrogens is 338 g/mol. The van der Waals surface area contributed by atoms with Gasteiger partial charge >= 0.3 is 0 Å². The molecule has 1 unspecified atom stereocenters. The number of hydrogen-bond acceptors (Lipinski definition) is 3. The molecule has 5 nitrogen and oxygen atoms in total. The summed E-state index contributed by atoms with van der Waals surface area (Å²) in [6.45, 7) is 3.92. The summed E-state index contributed by atoms with van der Waals surface area (Å²) >= 11 is 5.93. The van der Waals surface area contributed by atoms with Gasteiger partial charge in [0.2, 0.25) is 0 Å². The third-order valence-corrected chi connectivity index (χ3v) is 4.41. The summed E-state index contributed by atoms with van der Waals surface area (Å²) in [6.07, 6.45) is 3.62. The van der Waals surface area contributed by atoms with Crippen molar-refractivity contribution in [3.8, 4) is 0 Å². The molecule has 134 valence electrons. The van der Waals surface area contributed by atoms with Crippen LogP contribution in [0.5, 0.6) is 0 Å². The monoisotopic (exact) mass is 361 g/mol. The highest BCUT2D eigenvalue weighted by Crippen LogP contribution is 2.11. The first-order valence-electron chi connectivity index (χ1n) is 8.66. The van der Waals surface area contributed by atoms with Gasteiger partial charge in [0.25, 0.3) is 0 Å². The molecule has 1 aliphatic heterocycles. The van der Waals surface area contributed by atoms with Crippen LogP contribution in [0, 0.1) is 5.92 Å². The minimum Gasteiger partial charge on any atom is -0.469 e. The number of nitrogens with zero attached hydrogens (tertiary/aromatic N) is 1. The van der Waals surface area contributed by atoms with E-state index in [0.717, 1.165) is 61.5 Å². The van der Waals surface area contributed by atoms with Gasteiger partial charge in [0.1, 0.15) is 5.76 Å². The van der Waals surface area contributed by atoms with E-state index in [0.29, 0.717) is 12.5 Å². The van der Waals surface area contributed by atoms with Crippen molar-refractivity contribution in [3.63, 3.8) is 0 Å². The lowest BCUT2D eigenvalue weighted by Crippen LogP contribution is -2.40. The fraction of sp³-hybridized carbons (Fsp3) is 0.421. The zero-order valence-electron chi connectivity index (χ0n) is 14.2. The number of halogens is 1. The summed E-state index contributed by atoms with van der Waals surface area (Å²) in [5, 5.41) is 7.54. The van der Waals surface area contributed by atoms with Gasteiger partial charge in [-0.25, -0.2) is 4.99 Å². The maximum Gasteiger partial charge on any atom is 0.191 e. The highest BCUT2D eigenvalue weighted by Gasteiger charge is 2.15. The topological polar surface area (TPSA) is 58.8 Å². The van der Waals surface area contributed by atoms with Crippen LogP contribution in [0.2, 0.25) is 5.02 Å². The van der Waals surface area contributed by atoms with Crippen LogP contribution in [0.4, 0.5) is 0 Å². The van der Waals surface area contributed by atoms with E-state index in [1.807, 2.05) is 36.4 Å². The largest absolute Gasteiger partial charge is 0.469 e. The highest BCUT2D eigenvalue weighted by atomic mass is 35.5.